The van der Waals surface area contributed by atoms with E-state index in [1.165, 1.54) is 11.3 Å². The molecule has 0 bridgehead atoms. The molecule has 0 saturated carbocycles. The SMILES string of the molecule is COc1cc(OC)c(-c2nc3ncccc3[nH]2)s1.Cl. The van der Waals surface area contributed by atoms with Crippen molar-refractivity contribution >= 4 is 34.9 Å². The summed E-state index contributed by atoms with van der Waals surface area (Å²) in [4.78, 5) is 12.8. The smallest absolute Gasteiger partial charge is 0.178 e. The number of H-pyrrole nitrogens is 1. The summed E-state index contributed by atoms with van der Waals surface area (Å²) in [6, 6.07) is 5.66. The van der Waals surface area contributed by atoms with Crippen LogP contribution in [0.3, 0.4) is 0 Å². The summed E-state index contributed by atoms with van der Waals surface area (Å²) >= 11 is 1.48. The van der Waals surface area contributed by atoms with Gasteiger partial charge in [0.05, 0.1) is 19.7 Å². The van der Waals surface area contributed by atoms with Gasteiger partial charge in [-0.15, -0.1) is 12.4 Å². The highest BCUT2D eigenvalue weighted by Crippen LogP contribution is 2.41. The van der Waals surface area contributed by atoms with Crippen LogP contribution in [0.1, 0.15) is 0 Å². The summed E-state index contributed by atoms with van der Waals surface area (Å²) in [7, 11) is 3.27. The minimum absolute atomic E-state index is 0. The molecular weight excluding hydrogens is 286 g/mol. The lowest BCUT2D eigenvalue weighted by Crippen LogP contribution is -1.83. The fourth-order valence-electron chi connectivity index (χ4n) is 1.72. The van der Waals surface area contributed by atoms with Crippen LogP contribution in [0, 0.1) is 0 Å². The molecule has 0 radical (unpaired) electrons. The Labute approximate surface area is 120 Å². The van der Waals surface area contributed by atoms with E-state index in [0.717, 1.165) is 27.0 Å². The Kier molecular flexibility index (Phi) is 3.92. The van der Waals surface area contributed by atoms with Crippen molar-refractivity contribution in [3.05, 3.63) is 24.4 Å². The van der Waals surface area contributed by atoms with Crippen LogP contribution in [0.15, 0.2) is 24.4 Å². The molecule has 0 saturated heterocycles. The number of halogens is 1. The number of hydrogen-bond acceptors (Lipinski definition) is 5. The number of pyridine rings is 1. The molecule has 3 aromatic heterocycles. The summed E-state index contributed by atoms with van der Waals surface area (Å²) in [5, 5.41) is 0.787. The molecule has 19 heavy (non-hydrogen) atoms. The van der Waals surface area contributed by atoms with Crippen LogP contribution >= 0.6 is 23.7 Å². The summed E-state index contributed by atoms with van der Waals surface area (Å²) in [6.07, 6.45) is 1.72. The van der Waals surface area contributed by atoms with Crippen LogP contribution < -0.4 is 9.47 Å². The Hall–Kier alpha value is -1.79. The molecule has 0 aliphatic heterocycles. The maximum absolute atomic E-state index is 5.33. The van der Waals surface area contributed by atoms with E-state index < -0.39 is 0 Å². The van der Waals surface area contributed by atoms with Crippen molar-refractivity contribution in [2.75, 3.05) is 14.2 Å². The van der Waals surface area contributed by atoms with Crippen molar-refractivity contribution in [3.63, 3.8) is 0 Å². The molecule has 0 unspecified atom stereocenters. The first-order valence-electron chi connectivity index (χ1n) is 5.34. The molecule has 0 fully saturated rings. The van der Waals surface area contributed by atoms with Crippen molar-refractivity contribution in [2.45, 2.75) is 0 Å². The minimum atomic E-state index is 0. The predicted octanol–water partition coefficient (Wildman–Crippen LogP) is 3.13. The van der Waals surface area contributed by atoms with Crippen molar-refractivity contribution in [1.29, 1.82) is 0 Å². The van der Waals surface area contributed by atoms with Gasteiger partial charge in [0.2, 0.25) is 0 Å². The fraction of sp³-hybridized carbons (Fsp3) is 0.167. The number of aromatic amines is 1. The van der Waals surface area contributed by atoms with Gasteiger partial charge in [-0.05, 0) is 12.1 Å². The van der Waals surface area contributed by atoms with Crippen LogP contribution in [0.4, 0.5) is 0 Å². The number of nitrogens with zero attached hydrogens (tertiary/aromatic N) is 2. The summed E-state index contributed by atoms with van der Waals surface area (Å²) in [5.74, 6) is 1.49. The van der Waals surface area contributed by atoms with Crippen molar-refractivity contribution in [1.82, 2.24) is 15.0 Å². The standard InChI is InChI=1S/C12H11N3O2S.ClH/c1-16-8-6-9(17-2)18-10(8)12-14-7-4-3-5-13-11(7)15-12;/h3-6H,1-2H3,(H,13,14,15);1H. The van der Waals surface area contributed by atoms with Gasteiger partial charge >= 0.3 is 0 Å². The number of hydrogen-bond donors (Lipinski definition) is 1. The minimum Gasteiger partial charge on any atom is -0.495 e. The van der Waals surface area contributed by atoms with Crippen molar-refractivity contribution in [3.8, 4) is 21.5 Å². The number of ether oxygens (including phenoxy) is 2. The zero-order valence-electron chi connectivity index (χ0n) is 10.3. The fourth-order valence-corrected chi connectivity index (χ4v) is 2.61. The molecule has 0 amide bonds. The molecule has 0 aromatic carbocycles. The Bertz CT molecular complexity index is 662. The monoisotopic (exact) mass is 297 g/mol. The second kappa shape index (κ2) is 5.46. The van der Waals surface area contributed by atoms with Gasteiger partial charge < -0.3 is 14.5 Å². The van der Waals surface area contributed by atoms with Crippen LogP contribution in [0.5, 0.6) is 10.8 Å². The lowest BCUT2D eigenvalue weighted by atomic mass is 10.4. The highest BCUT2D eigenvalue weighted by molar-refractivity contribution is 7.17. The number of imidazole rings is 1. The average Bonchev–Trinajstić information content (AvgIpc) is 3.01. The number of aromatic nitrogens is 3. The lowest BCUT2D eigenvalue weighted by molar-refractivity contribution is 0.406. The van der Waals surface area contributed by atoms with Gasteiger partial charge in [-0.3, -0.25) is 0 Å². The van der Waals surface area contributed by atoms with Gasteiger partial charge in [-0.25, -0.2) is 9.97 Å². The molecule has 5 nitrogen and oxygen atoms in total. The molecule has 0 aliphatic rings. The van der Waals surface area contributed by atoms with Crippen LogP contribution in [-0.2, 0) is 0 Å². The Morgan fingerprint density at radius 3 is 2.79 bits per heavy atom. The second-order valence-electron chi connectivity index (χ2n) is 3.63. The third-order valence-electron chi connectivity index (χ3n) is 2.57. The van der Waals surface area contributed by atoms with E-state index in [1.54, 1.807) is 20.4 Å². The Morgan fingerprint density at radius 1 is 1.26 bits per heavy atom. The summed E-state index contributed by atoms with van der Waals surface area (Å²) in [5.41, 5.74) is 1.60. The number of nitrogens with one attached hydrogen (secondary N) is 1. The maximum Gasteiger partial charge on any atom is 0.178 e. The van der Waals surface area contributed by atoms with Crippen LogP contribution in [0.25, 0.3) is 21.9 Å². The molecule has 7 heteroatoms. The normalized spacial score (nSPS) is 10.2. The van der Waals surface area contributed by atoms with E-state index in [2.05, 4.69) is 15.0 Å². The first-order valence-corrected chi connectivity index (χ1v) is 6.16. The van der Waals surface area contributed by atoms with Gasteiger partial charge in [0.15, 0.2) is 16.5 Å². The Balaban J connectivity index is 0.00000133. The Morgan fingerprint density at radius 2 is 2.11 bits per heavy atom. The first kappa shape index (κ1) is 13.6. The van der Waals surface area contributed by atoms with E-state index in [-0.39, 0.29) is 12.4 Å². The van der Waals surface area contributed by atoms with Gasteiger partial charge in [0.25, 0.3) is 0 Å². The van der Waals surface area contributed by atoms with Crippen LogP contribution in [0.2, 0.25) is 0 Å². The molecule has 0 aliphatic carbocycles. The average molecular weight is 298 g/mol. The van der Waals surface area contributed by atoms with Crippen molar-refractivity contribution < 1.29 is 9.47 Å². The zero-order chi connectivity index (χ0) is 12.5. The topological polar surface area (TPSA) is 60.0 Å². The molecule has 100 valence electrons. The third-order valence-corrected chi connectivity index (χ3v) is 3.65. The third kappa shape index (κ3) is 2.36. The number of fused-ring (bicyclic) bond motifs is 1. The molecule has 3 aromatic rings. The molecule has 3 rings (SSSR count). The maximum atomic E-state index is 5.33. The van der Waals surface area contributed by atoms with E-state index in [4.69, 9.17) is 9.47 Å². The van der Waals surface area contributed by atoms with Crippen molar-refractivity contribution in [2.24, 2.45) is 0 Å². The number of methoxy groups -OCH3 is 2. The van der Waals surface area contributed by atoms with Gasteiger partial charge in [-0.1, -0.05) is 11.3 Å². The van der Waals surface area contributed by atoms with Gasteiger partial charge in [-0.2, -0.15) is 0 Å². The lowest BCUT2D eigenvalue weighted by Gasteiger charge is -1.96. The van der Waals surface area contributed by atoms with E-state index in [0.29, 0.717) is 5.65 Å². The molecule has 3 heterocycles. The van der Waals surface area contributed by atoms with Gasteiger partial charge in [0, 0.05) is 12.3 Å². The summed E-state index contributed by atoms with van der Waals surface area (Å²) in [6.45, 7) is 0. The zero-order valence-corrected chi connectivity index (χ0v) is 12.0. The van der Waals surface area contributed by atoms with Gasteiger partial charge in [0.1, 0.15) is 10.6 Å². The van der Waals surface area contributed by atoms with E-state index in [1.807, 2.05) is 18.2 Å². The molecular formula is C12H12ClN3O2S. The van der Waals surface area contributed by atoms with Crippen LogP contribution in [-0.4, -0.2) is 29.2 Å². The highest BCUT2D eigenvalue weighted by atomic mass is 35.5. The molecule has 1 N–H and O–H groups in total. The molecule has 0 atom stereocenters. The second-order valence-corrected chi connectivity index (χ2v) is 4.64. The summed E-state index contributed by atoms with van der Waals surface area (Å²) < 4.78 is 10.5. The van der Waals surface area contributed by atoms with E-state index >= 15 is 0 Å². The predicted molar refractivity (Wildman–Crippen MR) is 77.6 cm³/mol. The quantitative estimate of drug-likeness (QED) is 0.807. The first-order chi connectivity index (χ1) is 8.81. The molecule has 0 spiro atoms. The van der Waals surface area contributed by atoms with E-state index in [9.17, 15) is 0 Å². The number of rotatable bonds is 3. The number of thiophene rings is 1. The highest BCUT2D eigenvalue weighted by Gasteiger charge is 2.15. The largest absolute Gasteiger partial charge is 0.495 e.